The lowest BCUT2D eigenvalue weighted by molar-refractivity contribution is -0.124. The summed E-state index contributed by atoms with van der Waals surface area (Å²) in [6, 6.07) is 0. The van der Waals surface area contributed by atoms with E-state index < -0.39 is 48.8 Å². The predicted molar refractivity (Wildman–Crippen MR) is 237 cm³/mol. The summed E-state index contributed by atoms with van der Waals surface area (Å²) >= 11 is 0. The van der Waals surface area contributed by atoms with E-state index in [1.807, 2.05) is 34.6 Å². The molecule has 0 aliphatic carbocycles. The van der Waals surface area contributed by atoms with Crippen LogP contribution in [-0.2, 0) is 38.1 Å². The van der Waals surface area contributed by atoms with E-state index in [-0.39, 0.29) is 98.4 Å². The number of carbonyl (C=O) groups is 8. The van der Waals surface area contributed by atoms with Crippen molar-refractivity contribution in [2.75, 3.05) is 78.8 Å². The zero-order valence-corrected chi connectivity index (χ0v) is 40.5. The van der Waals surface area contributed by atoms with Crippen LogP contribution in [0.5, 0.6) is 0 Å². The van der Waals surface area contributed by atoms with Crippen molar-refractivity contribution in [2.45, 2.75) is 133 Å². The molecular weight excluding hydrogens is 853 g/mol. The summed E-state index contributed by atoms with van der Waals surface area (Å²) in [5.74, 6) is 0.369. The first-order chi connectivity index (χ1) is 30.2. The fraction of sp³-hybridized carbons (Fsp3) is 0.822. The minimum absolute atomic E-state index is 0.000500. The summed E-state index contributed by atoms with van der Waals surface area (Å²) in [6.07, 6.45) is -0.516. The third kappa shape index (κ3) is 22.6. The van der Waals surface area contributed by atoms with Crippen LogP contribution in [0.3, 0.4) is 0 Å². The van der Waals surface area contributed by atoms with Crippen LogP contribution in [0.25, 0.3) is 0 Å². The van der Waals surface area contributed by atoms with Gasteiger partial charge in [-0.2, -0.15) is 0 Å². The molecule has 374 valence electrons. The Morgan fingerprint density at radius 2 is 0.862 bits per heavy atom. The molecule has 0 bridgehead atoms. The van der Waals surface area contributed by atoms with Crippen LogP contribution in [-0.4, -0.2) is 191 Å². The molecular formula is C45H78N4O16. The maximum Gasteiger partial charge on any atom is 0.410 e. The lowest BCUT2D eigenvalue weighted by Gasteiger charge is -2.23. The number of hydrogen-bond donors (Lipinski definition) is 4. The molecule has 5 unspecified atom stereocenters. The number of aliphatic hydroxyl groups excluding tert-OH is 4. The van der Waals surface area contributed by atoms with Gasteiger partial charge in [0, 0.05) is 24.7 Å². The van der Waals surface area contributed by atoms with Crippen LogP contribution in [0.2, 0.25) is 0 Å². The first-order valence-electron chi connectivity index (χ1n) is 22.5. The van der Waals surface area contributed by atoms with Crippen molar-refractivity contribution >= 4 is 47.5 Å². The molecule has 0 aromatic heterocycles. The Balaban J connectivity index is 0.000000436. The highest BCUT2D eigenvalue weighted by molar-refractivity contribution is 5.87. The Morgan fingerprint density at radius 1 is 0.538 bits per heavy atom. The van der Waals surface area contributed by atoms with Gasteiger partial charge in [0.25, 0.3) is 0 Å². The number of carbonyl (C=O) groups excluding carboxylic acids is 8. The lowest BCUT2D eigenvalue weighted by Crippen LogP contribution is -2.34. The van der Waals surface area contributed by atoms with Gasteiger partial charge in [-0.05, 0) is 36.0 Å². The van der Waals surface area contributed by atoms with Gasteiger partial charge in [0.1, 0.15) is 24.4 Å². The third-order valence-corrected chi connectivity index (χ3v) is 10.4. The Hall–Kier alpha value is -4.40. The van der Waals surface area contributed by atoms with Crippen molar-refractivity contribution in [3.63, 3.8) is 0 Å². The quantitative estimate of drug-likeness (QED) is 0.127. The second-order valence-electron chi connectivity index (χ2n) is 19.8. The first-order valence-corrected chi connectivity index (χ1v) is 22.5. The fourth-order valence-corrected chi connectivity index (χ4v) is 7.27. The Labute approximate surface area is 384 Å². The van der Waals surface area contributed by atoms with Crippen LogP contribution in [0.15, 0.2) is 0 Å². The normalized spacial score (nSPS) is 21.1. The molecule has 0 aromatic rings. The zero-order chi connectivity index (χ0) is 49.8. The SMILES string of the molecule is CC(C)(C)CC(=O)CN1CC(CO)OC1=O.CC(C)C(=O)CN1CC(CO)OC1=O.CC(CC(=O)CN1CC(CO)OC1=O)CC(C)(C)C.CCC(CC)C(=O)CN1CC(CO)OC1=O. The fourth-order valence-electron chi connectivity index (χ4n) is 7.27. The van der Waals surface area contributed by atoms with Gasteiger partial charge < -0.3 is 39.4 Å². The number of ketones is 4. The molecule has 65 heavy (non-hydrogen) atoms. The molecule has 4 N–H and O–H groups in total. The van der Waals surface area contributed by atoms with Crippen LogP contribution in [0.1, 0.15) is 108 Å². The first kappa shape index (κ1) is 58.6. The molecule has 0 saturated carbocycles. The Morgan fingerprint density at radius 3 is 1.14 bits per heavy atom. The largest absolute Gasteiger partial charge is 0.442 e. The number of Topliss-reactive ketones (excluding diaryl/α,β-unsaturated/α-hetero) is 4. The minimum atomic E-state index is -0.516. The van der Waals surface area contributed by atoms with Crippen molar-refractivity contribution in [3.05, 3.63) is 0 Å². The summed E-state index contributed by atoms with van der Waals surface area (Å²) < 4.78 is 19.4. The summed E-state index contributed by atoms with van der Waals surface area (Å²) in [4.78, 5) is 97.3. The number of cyclic esters (lactones) is 4. The number of amides is 4. The van der Waals surface area contributed by atoms with Gasteiger partial charge in [-0.3, -0.25) is 38.8 Å². The molecule has 4 rings (SSSR count). The lowest BCUT2D eigenvalue weighted by atomic mass is 9.83. The van der Waals surface area contributed by atoms with E-state index in [4.69, 9.17) is 39.4 Å². The minimum Gasteiger partial charge on any atom is -0.442 e. The second-order valence-corrected chi connectivity index (χ2v) is 19.8. The Bertz CT molecular complexity index is 1570. The summed E-state index contributed by atoms with van der Waals surface area (Å²) in [7, 11) is 0. The summed E-state index contributed by atoms with van der Waals surface area (Å²) in [5, 5.41) is 35.4. The zero-order valence-electron chi connectivity index (χ0n) is 40.5. The summed E-state index contributed by atoms with van der Waals surface area (Å²) in [5.41, 5.74) is 0.130. The molecule has 0 radical (unpaired) electrons. The van der Waals surface area contributed by atoms with Gasteiger partial charge in [0.05, 0.1) is 78.8 Å². The van der Waals surface area contributed by atoms with E-state index in [1.165, 1.54) is 19.6 Å². The molecule has 4 amide bonds. The van der Waals surface area contributed by atoms with Gasteiger partial charge in [-0.15, -0.1) is 0 Å². The summed E-state index contributed by atoms with van der Waals surface area (Å²) in [6.45, 7) is 22.7. The molecule has 0 spiro atoms. The van der Waals surface area contributed by atoms with Gasteiger partial charge >= 0.3 is 24.4 Å². The number of hydrogen-bond acceptors (Lipinski definition) is 16. The number of ether oxygens (including phenoxy) is 4. The van der Waals surface area contributed by atoms with Crippen LogP contribution < -0.4 is 0 Å². The van der Waals surface area contributed by atoms with Crippen LogP contribution in [0.4, 0.5) is 19.2 Å². The molecule has 4 aliphatic heterocycles. The molecule has 20 nitrogen and oxygen atoms in total. The van der Waals surface area contributed by atoms with Gasteiger partial charge in [-0.25, -0.2) is 19.2 Å². The molecule has 4 fully saturated rings. The number of rotatable bonds is 20. The smallest absolute Gasteiger partial charge is 0.410 e. The van der Waals surface area contributed by atoms with Crippen molar-refractivity contribution in [2.24, 2.45) is 28.6 Å². The topological polar surface area (TPSA) is 267 Å². The van der Waals surface area contributed by atoms with Crippen molar-refractivity contribution in [1.29, 1.82) is 0 Å². The van der Waals surface area contributed by atoms with E-state index in [0.29, 0.717) is 44.9 Å². The predicted octanol–water partition coefficient (Wildman–Crippen LogP) is 3.47. The standard InChI is InChI=1S/C14H25NO4.2C11H19NO4.C9H15NO4/c1-10(6-14(2,3)4)5-11(17)7-15-8-12(9-16)19-13(15)18;1-11(2,3)4-8(14)5-12-6-9(7-13)16-10(12)15;1-3-8(4-2)10(14)6-12-5-9(7-13)16-11(12)15;1-6(2)8(12)4-10-3-7(5-11)14-9(10)13/h10,12,16H,5-9H2,1-4H3;9,13H,4-7H2,1-3H3;8-9,13H,3-7H2,1-2H3;6-7,11H,3-5H2,1-2H3. The van der Waals surface area contributed by atoms with Gasteiger partial charge in [0.15, 0.2) is 23.1 Å². The molecule has 20 heteroatoms. The van der Waals surface area contributed by atoms with Gasteiger partial charge in [-0.1, -0.05) is 76.2 Å². The van der Waals surface area contributed by atoms with E-state index in [2.05, 4.69) is 27.7 Å². The highest BCUT2D eigenvalue weighted by atomic mass is 16.6. The van der Waals surface area contributed by atoms with E-state index in [0.717, 1.165) is 19.3 Å². The monoisotopic (exact) mass is 931 g/mol. The molecule has 4 saturated heterocycles. The van der Waals surface area contributed by atoms with Crippen LogP contribution in [0, 0.1) is 28.6 Å². The highest BCUT2D eigenvalue weighted by Crippen LogP contribution is 2.26. The number of aliphatic hydroxyl groups is 4. The second kappa shape index (κ2) is 27.9. The highest BCUT2D eigenvalue weighted by Gasteiger charge is 2.35. The third-order valence-electron chi connectivity index (χ3n) is 10.4. The van der Waals surface area contributed by atoms with Gasteiger partial charge in [0.2, 0.25) is 0 Å². The maximum atomic E-state index is 11.9. The van der Waals surface area contributed by atoms with E-state index >= 15 is 0 Å². The van der Waals surface area contributed by atoms with Crippen molar-refractivity contribution in [3.8, 4) is 0 Å². The molecule has 5 atom stereocenters. The molecule has 4 aliphatic rings. The average Bonchev–Trinajstić information content (AvgIpc) is 3.95. The molecule has 0 aromatic carbocycles. The number of nitrogens with zero attached hydrogens (tertiary/aromatic N) is 4. The Kier molecular flexibility index (Phi) is 25.2. The average molecular weight is 931 g/mol. The van der Waals surface area contributed by atoms with E-state index in [1.54, 1.807) is 13.8 Å². The van der Waals surface area contributed by atoms with Crippen molar-refractivity contribution in [1.82, 2.24) is 19.6 Å². The van der Waals surface area contributed by atoms with Crippen LogP contribution >= 0.6 is 0 Å². The van der Waals surface area contributed by atoms with E-state index in [9.17, 15) is 38.4 Å². The molecule has 4 heterocycles. The maximum absolute atomic E-state index is 11.9. The van der Waals surface area contributed by atoms with Crippen molar-refractivity contribution < 1.29 is 77.7 Å².